The molecule has 1 saturated heterocycles. The average molecular weight is 238 g/mol. The molecule has 0 aromatic rings. The molecule has 1 aliphatic carbocycles. The Kier molecular flexibility index (Phi) is 4.87. The number of hydrogen-bond acceptors (Lipinski definition) is 2. The van der Waals surface area contributed by atoms with Gasteiger partial charge in [-0.15, -0.1) is 0 Å². The van der Waals surface area contributed by atoms with Gasteiger partial charge in [0, 0.05) is 12.6 Å². The van der Waals surface area contributed by atoms with Gasteiger partial charge < -0.3 is 10.6 Å². The van der Waals surface area contributed by atoms with E-state index in [-0.39, 0.29) is 0 Å². The second kappa shape index (κ2) is 6.19. The highest BCUT2D eigenvalue weighted by molar-refractivity contribution is 4.88. The Labute approximate surface area is 107 Å². The lowest BCUT2D eigenvalue weighted by molar-refractivity contribution is 0.0645. The molecule has 1 heterocycles. The summed E-state index contributed by atoms with van der Waals surface area (Å²) in [5, 5.41) is 0. The van der Waals surface area contributed by atoms with Gasteiger partial charge in [0.05, 0.1) is 0 Å². The van der Waals surface area contributed by atoms with Crippen LogP contribution in [0.25, 0.3) is 0 Å². The lowest BCUT2D eigenvalue weighted by Gasteiger charge is -2.44. The molecule has 17 heavy (non-hydrogen) atoms. The molecule has 0 bridgehead atoms. The Balaban J connectivity index is 1.73. The molecular formula is C15H30N2. The van der Waals surface area contributed by atoms with E-state index >= 15 is 0 Å². The largest absolute Gasteiger partial charge is 0.327 e. The summed E-state index contributed by atoms with van der Waals surface area (Å²) in [6, 6.07) is 0.403. The maximum atomic E-state index is 6.14. The van der Waals surface area contributed by atoms with Crippen molar-refractivity contribution in [2.45, 2.75) is 70.8 Å². The summed E-state index contributed by atoms with van der Waals surface area (Å²) in [7, 11) is 0. The van der Waals surface area contributed by atoms with E-state index in [0.717, 1.165) is 12.0 Å². The maximum Gasteiger partial charge on any atom is 0.0167 e. The van der Waals surface area contributed by atoms with Crippen LogP contribution in [0.3, 0.4) is 0 Å². The van der Waals surface area contributed by atoms with Gasteiger partial charge in [0.2, 0.25) is 0 Å². The molecule has 2 N–H and O–H groups in total. The van der Waals surface area contributed by atoms with Crippen LogP contribution in [0, 0.1) is 5.41 Å². The molecule has 0 aromatic heterocycles. The van der Waals surface area contributed by atoms with Crippen LogP contribution in [0.1, 0.15) is 64.7 Å². The van der Waals surface area contributed by atoms with Crippen LogP contribution < -0.4 is 5.73 Å². The fraction of sp³-hybridized carbons (Fsp3) is 1.00. The minimum Gasteiger partial charge on any atom is -0.327 e. The molecule has 1 saturated carbocycles. The predicted molar refractivity (Wildman–Crippen MR) is 74.1 cm³/mol. The first-order valence-corrected chi connectivity index (χ1v) is 7.72. The van der Waals surface area contributed by atoms with Gasteiger partial charge in [0.15, 0.2) is 0 Å². The third-order valence-corrected chi connectivity index (χ3v) is 4.98. The van der Waals surface area contributed by atoms with Crippen LogP contribution in [0.4, 0.5) is 0 Å². The molecule has 1 atom stereocenters. The van der Waals surface area contributed by atoms with Crippen molar-refractivity contribution in [3.63, 3.8) is 0 Å². The topological polar surface area (TPSA) is 29.3 Å². The summed E-state index contributed by atoms with van der Waals surface area (Å²) in [6.07, 6.45) is 12.7. The summed E-state index contributed by atoms with van der Waals surface area (Å²) >= 11 is 0. The Bertz CT molecular complexity index is 211. The summed E-state index contributed by atoms with van der Waals surface area (Å²) in [4.78, 5) is 2.61. The third kappa shape index (κ3) is 3.69. The number of likely N-dealkylation sites (tertiary alicyclic amines) is 1. The van der Waals surface area contributed by atoms with E-state index in [4.69, 9.17) is 5.73 Å². The first kappa shape index (κ1) is 13.4. The highest BCUT2D eigenvalue weighted by Crippen LogP contribution is 2.44. The van der Waals surface area contributed by atoms with E-state index in [2.05, 4.69) is 11.8 Å². The number of nitrogens with zero attached hydrogens (tertiary/aromatic N) is 1. The Morgan fingerprint density at radius 3 is 2.29 bits per heavy atom. The zero-order valence-electron chi connectivity index (χ0n) is 11.6. The average Bonchev–Trinajstić information content (AvgIpc) is 2.34. The van der Waals surface area contributed by atoms with Crippen molar-refractivity contribution >= 4 is 0 Å². The molecule has 1 spiro atoms. The van der Waals surface area contributed by atoms with Crippen molar-refractivity contribution in [1.82, 2.24) is 4.90 Å². The number of piperidine rings is 1. The molecule has 0 aromatic carbocycles. The van der Waals surface area contributed by atoms with Crippen LogP contribution >= 0.6 is 0 Å². The summed E-state index contributed by atoms with van der Waals surface area (Å²) in [6.45, 7) is 5.96. The molecule has 2 fully saturated rings. The molecule has 0 radical (unpaired) electrons. The normalized spacial score (nSPS) is 27.2. The first-order valence-electron chi connectivity index (χ1n) is 7.72. The van der Waals surface area contributed by atoms with Crippen LogP contribution in [0.15, 0.2) is 0 Å². The molecule has 1 aliphatic heterocycles. The van der Waals surface area contributed by atoms with E-state index in [1.807, 2.05) is 0 Å². The van der Waals surface area contributed by atoms with E-state index in [0.29, 0.717) is 6.04 Å². The van der Waals surface area contributed by atoms with Crippen LogP contribution in [-0.4, -0.2) is 30.6 Å². The van der Waals surface area contributed by atoms with E-state index in [1.165, 1.54) is 70.9 Å². The lowest BCUT2D eigenvalue weighted by Crippen LogP contribution is -2.45. The minimum atomic E-state index is 0.403. The predicted octanol–water partition coefficient (Wildman–Crippen LogP) is 3.16. The van der Waals surface area contributed by atoms with E-state index in [9.17, 15) is 0 Å². The molecular weight excluding hydrogens is 208 g/mol. The van der Waals surface area contributed by atoms with Gasteiger partial charge in [-0.05, 0) is 50.6 Å². The number of rotatable bonds is 4. The second-order valence-electron chi connectivity index (χ2n) is 6.41. The minimum absolute atomic E-state index is 0.403. The monoisotopic (exact) mass is 238 g/mol. The fourth-order valence-electron chi connectivity index (χ4n) is 3.81. The van der Waals surface area contributed by atoms with Gasteiger partial charge in [-0.25, -0.2) is 0 Å². The van der Waals surface area contributed by atoms with Crippen molar-refractivity contribution in [3.8, 4) is 0 Å². The molecule has 2 aliphatic rings. The van der Waals surface area contributed by atoms with Crippen molar-refractivity contribution in [1.29, 1.82) is 0 Å². The quantitative estimate of drug-likeness (QED) is 0.815. The third-order valence-electron chi connectivity index (χ3n) is 4.98. The first-order chi connectivity index (χ1) is 8.24. The lowest BCUT2D eigenvalue weighted by atomic mass is 9.68. The van der Waals surface area contributed by atoms with E-state index in [1.54, 1.807) is 0 Å². The van der Waals surface area contributed by atoms with Crippen molar-refractivity contribution in [2.75, 3.05) is 19.6 Å². The molecule has 2 nitrogen and oxygen atoms in total. The van der Waals surface area contributed by atoms with Gasteiger partial charge in [-0.2, -0.15) is 0 Å². The van der Waals surface area contributed by atoms with Crippen LogP contribution in [0.2, 0.25) is 0 Å². The number of nitrogens with two attached hydrogens (primary N) is 1. The Hall–Kier alpha value is -0.0800. The van der Waals surface area contributed by atoms with Crippen LogP contribution in [-0.2, 0) is 0 Å². The highest BCUT2D eigenvalue weighted by Gasteiger charge is 2.35. The smallest absolute Gasteiger partial charge is 0.0167 e. The molecule has 0 amide bonds. The van der Waals surface area contributed by atoms with Crippen molar-refractivity contribution < 1.29 is 0 Å². The zero-order valence-corrected chi connectivity index (χ0v) is 11.6. The Morgan fingerprint density at radius 1 is 1.06 bits per heavy atom. The summed E-state index contributed by atoms with van der Waals surface area (Å²) in [5.41, 5.74) is 6.88. The molecule has 2 rings (SSSR count). The van der Waals surface area contributed by atoms with Gasteiger partial charge in [0.1, 0.15) is 0 Å². The van der Waals surface area contributed by atoms with Gasteiger partial charge >= 0.3 is 0 Å². The van der Waals surface area contributed by atoms with Crippen molar-refractivity contribution in [3.05, 3.63) is 0 Å². The van der Waals surface area contributed by atoms with Gasteiger partial charge in [-0.1, -0.05) is 32.6 Å². The van der Waals surface area contributed by atoms with E-state index < -0.39 is 0 Å². The summed E-state index contributed by atoms with van der Waals surface area (Å²) in [5.74, 6) is 0. The van der Waals surface area contributed by atoms with Crippen LogP contribution in [0.5, 0.6) is 0 Å². The van der Waals surface area contributed by atoms with Gasteiger partial charge in [0.25, 0.3) is 0 Å². The standard InChI is InChI=1S/C15H30N2/c1-2-6-14(16)13-17-11-9-15(10-12-17)7-4-3-5-8-15/h14H,2-13,16H2,1H3. The summed E-state index contributed by atoms with van der Waals surface area (Å²) < 4.78 is 0. The van der Waals surface area contributed by atoms with Gasteiger partial charge in [-0.3, -0.25) is 0 Å². The Morgan fingerprint density at radius 2 is 1.71 bits per heavy atom. The zero-order chi connectivity index (χ0) is 12.1. The molecule has 1 unspecified atom stereocenters. The number of hydrogen-bond donors (Lipinski definition) is 1. The molecule has 100 valence electrons. The van der Waals surface area contributed by atoms with Crippen molar-refractivity contribution in [2.24, 2.45) is 11.1 Å². The maximum absolute atomic E-state index is 6.14. The SMILES string of the molecule is CCCC(N)CN1CCC2(CCCCC2)CC1. The fourth-order valence-corrected chi connectivity index (χ4v) is 3.81. The second-order valence-corrected chi connectivity index (χ2v) is 6.41. The molecule has 2 heteroatoms. The highest BCUT2D eigenvalue weighted by atomic mass is 15.1.